The van der Waals surface area contributed by atoms with Gasteiger partial charge in [0.05, 0.1) is 5.39 Å². The third kappa shape index (κ3) is 0.843. The Morgan fingerprint density at radius 3 is 2.69 bits per heavy atom. The molecular weight excluding hydrogens is 194 g/mol. The molecule has 0 N–H and O–H groups in total. The van der Waals surface area contributed by atoms with Crippen molar-refractivity contribution in [2.75, 3.05) is 0 Å². The van der Waals surface area contributed by atoms with Crippen molar-refractivity contribution < 1.29 is 4.57 Å². The summed E-state index contributed by atoms with van der Waals surface area (Å²) in [5.41, 5.74) is 4.21. The zero-order valence-electron chi connectivity index (χ0n) is 9.20. The molecule has 0 amide bonds. The van der Waals surface area contributed by atoms with E-state index in [1.54, 1.807) is 0 Å². The lowest BCUT2D eigenvalue weighted by Gasteiger charge is -1.98. The maximum atomic E-state index is 2.42. The monoisotopic (exact) mass is 206 g/mol. The van der Waals surface area contributed by atoms with Crippen molar-refractivity contribution in [1.29, 1.82) is 0 Å². The van der Waals surface area contributed by atoms with Crippen LogP contribution < -0.4 is 4.57 Å². The van der Waals surface area contributed by atoms with Gasteiger partial charge in [0.15, 0.2) is 12.2 Å². The van der Waals surface area contributed by atoms with Crippen LogP contribution in [-0.2, 0) is 6.54 Å². The van der Waals surface area contributed by atoms with Crippen LogP contribution in [-0.4, -0.2) is 0 Å². The lowest BCUT2D eigenvalue weighted by atomic mass is 10.0. The molecule has 0 spiro atoms. The van der Waals surface area contributed by atoms with E-state index in [-0.39, 0.29) is 0 Å². The fourth-order valence-electron chi connectivity index (χ4n) is 2.86. The number of hydrogen-bond acceptors (Lipinski definition) is 0. The summed E-state index contributed by atoms with van der Waals surface area (Å²) < 4.78 is 2.42. The van der Waals surface area contributed by atoms with Gasteiger partial charge in [-0.1, -0.05) is 24.3 Å². The van der Waals surface area contributed by atoms with E-state index in [1.807, 2.05) is 0 Å². The molecular formula is C15H12N+. The van der Waals surface area contributed by atoms with Crippen molar-refractivity contribution in [3.8, 4) is 0 Å². The summed E-state index contributed by atoms with van der Waals surface area (Å²) in [7, 11) is 0. The minimum Gasteiger partial charge on any atom is -0.191 e. The van der Waals surface area contributed by atoms with E-state index >= 15 is 0 Å². The molecule has 1 aliphatic rings. The van der Waals surface area contributed by atoms with Gasteiger partial charge in [-0.25, -0.2) is 0 Å². The first-order valence-corrected chi connectivity index (χ1v) is 5.68. The van der Waals surface area contributed by atoms with Crippen LogP contribution >= 0.6 is 0 Å². The highest BCUT2D eigenvalue weighted by Gasteiger charge is 2.25. The molecule has 2 heterocycles. The summed E-state index contributed by atoms with van der Waals surface area (Å²) in [6, 6.07) is 15.5. The molecule has 1 aliphatic heterocycles. The molecule has 16 heavy (non-hydrogen) atoms. The Morgan fingerprint density at radius 1 is 0.938 bits per heavy atom. The number of pyridine rings is 1. The Labute approximate surface area is 93.9 Å². The maximum absolute atomic E-state index is 2.42. The SMILES string of the molecule is Cc1ccc2ccc3cccc4c3c2[n+]1C4. The van der Waals surface area contributed by atoms with Gasteiger partial charge >= 0.3 is 0 Å². The molecule has 3 aromatic rings. The molecule has 1 aromatic heterocycles. The Bertz CT molecular complexity index is 741. The van der Waals surface area contributed by atoms with Crippen LogP contribution in [0, 0.1) is 6.92 Å². The number of nitrogens with zero attached hydrogens (tertiary/aromatic N) is 1. The van der Waals surface area contributed by atoms with Gasteiger partial charge in [0.25, 0.3) is 0 Å². The van der Waals surface area contributed by atoms with E-state index in [0.29, 0.717) is 0 Å². The minimum atomic E-state index is 1.03. The van der Waals surface area contributed by atoms with Gasteiger partial charge in [-0.2, -0.15) is 4.57 Å². The maximum Gasteiger partial charge on any atom is 0.221 e. The van der Waals surface area contributed by atoms with Gasteiger partial charge in [0, 0.05) is 23.9 Å². The van der Waals surface area contributed by atoms with Crippen LogP contribution in [0.5, 0.6) is 0 Å². The number of rotatable bonds is 0. The highest BCUT2D eigenvalue weighted by atomic mass is 15.0. The largest absolute Gasteiger partial charge is 0.221 e. The molecule has 0 radical (unpaired) electrons. The Morgan fingerprint density at radius 2 is 1.75 bits per heavy atom. The van der Waals surface area contributed by atoms with E-state index in [1.165, 1.54) is 32.9 Å². The second-order valence-corrected chi connectivity index (χ2v) is 4.58. The third-order valence-corrected chi connectivity index (χ3v) is 3.66. The van der Waals surface area contributed by atoms with Gasteiger partial charge in [-0.15, -0.1) is 0 Å². The van der Waals surface area contributed by atoms with E-state index in [2.05, 4.69) is 54.0 Å². The van der Waals surface area contributed by atoms with Crippen LogP contribution in [0.25, 0.3) is 21.7 Å². The topological polar surface area (TPSA) is 3.88 Å². The predicted octanol–water partition coefficient (Wildman–Crippen LogP) is 2.95. The van der Waals surface area contributed by atoms with Crippen molar-refractivity contribution >= 4 is 21.7 Å². The quantitative estimate of drug-likeness (QED) is 0.307. The molecule has 0 aliphatic carbocycles. The fourth-order valence-corrected chi connectivity index (χ4v) is 2.86. The molecule has 0 atom stereocenters. The van der Waals surface area contributed by atoms with Crippen molar-refractivity contribution in [2.45, 2.75) is 13.5 Å². The first-order chi connectivity index (χ1) is 7.84. The first kappa shape index (κ1) is 8.28. The predicted molar refractivity (Wildman–Crippen MR) is 65.5 cm³/mol. The van der Waals surface area contributed by atoms with Gasteiger partial charge in [0.2, 0.25) is 5.52 Å². The van der Waals surface area contributed by atoms with E-state index in [4.69, 9.17) is 0 Å². The van der Waals surface area contributed by atoms with E-state index in [0.717, 1.165) is 6.54 Å². The molecule has 0 saturated carbocycles. The molecule has 1 nitrogen and oxygen atoms in total. The second kappa shape index (κ2) is 2.62. The molecule has 0 bridgehead atoms. The Kier molecular flexibility index (Phi) is 1.35. The number of benzene rings is 2. The number of aromatic nitrogens is 1. The fraction of sp³-hybridized carbons (Fsp3) is 0.133. The molecule has 4 rings (SSSR count). The van der Waals surface area contributed by atoms with Gasteiger partial charge < -0.3 is 0 Å². The van der Waals surface area contributed by atoms with Gasteiger partial charge in [-0.3, -0.25) is 0 Å². The van der Waals surface area contributed by atoms with Crippen LogP contribution in [0.1, 0.15) is 11.3 Å². The molecule has 0 fully saturated rings. The van der Waals surface area contributed by atoms with Crippen LogP contribution in [0.2, 0.25) is 0 Å². The first-order valence-electron chi connectivity index (χ1n) is 5.68. The van der Waals surface area contributed by atoms with Crippen LogP contribution in [0.4, 0.5) is 0 Å². The zero-order chi connectivity index (χ0) is 10.7. The zero-order valence-corrected chi connectivity index (χ0v) is 9.20. The smallest absolute Gasteiger partial charge is 0.191 e. The normalized spacial score (nSPS) is 13.1. The van der Waals surface area contributed by atoms with E-state index < -0.39 is 0 Å². The van der Waals surface area contributed by atoms with Gasteiger partial charge in [0.1, 0.15) is 0 Å². The highest BCUT2D eigenvalue weighted by Crippen LogP contribution is 2.30. The molecule has 1 heteroatoms. The Balaban J connectivity index is 2.39. The average Bonchev–Trinajstić information content (AvgIpc) is 2.70. The summed E-state index contributed by atoms with van der Waals surface area (Å²) in [5.74, 6) is 0. The highest BCUT2D eigenvalue weighted by molar-refractivity contribution is 6.06. The minimum absolute atomic E-state index is 1.03. The summed E-state index contributed by atoms with van der Waals surface area (Å²) in [5, 5.41) is 4.16. The lowest BCUT2D eigenvalue weighted by molar-refractivity contribution is -0.664. The summed E-state index contributed by atoms with van der Waals surface area (Å²) >= 11 is 0. The summed E-state index contributed by atoms with van der Waals surface area (Å²) in [4.78, 5) is 0. The van der Waals surface area contributed by atoms with Crippen molar-refractivity contribution in [3.05, 3.63) is 53.7 Å². The van der Waals surface area contributed by atoms with Crippen molar-refractivity contribution in [1.82, 2.24) is 0 Å². The second-order valence-electron chi connectivity index (χ2n) is 4.58. The summed E-state index contributed by atoms with van der Waals surface area (Å²) in [6.07, 6.45) is 0. The standard InChI is InChI=1S/C15H12N/c1-10-5-6-12-8-7-11-3-2-4-13-9-16(10)15(12)14(11)13/h2-8H,9H2,1H3/q+1. The number of aryl methyl sites for hydroxylation is 1. The molecule has 2 aromatic carbocycles. The lowest BCUT2D eigenvalue weighted by Crippen LogP contribution is -2.35. The summed E-state index contributed by atoms with van der Waals surface area (Å²) in [6.45, 7) is 3.21. The Hall–Kier alpha value is -1.89. The third-order valence-electron chi connectivity index (χ3n) is 3.66. The average molecular weight is 206 g/mol. The van der Waals surface area contributed by atoms with Crippen LogP contribution in [0.15, 0.2) is 42.5 Å². The molecule has 0 saturated heterocycles. The van der Waals surface area contributed by atoms with E-state index in [9.17, 15) is 0 Å². The van der Waals surface area contributed by atoms with Crippen LogP contribution in [0.3, 0.4) is 0 Å². The van der Waals surface area contributed by atoms with Gasteiger partial charge in [-0.05, 0) is 17.5 Å². The van der Waals surface area contributed by atoms with Crippen molar-refractivity contribution in [2.24, 2.45) is 0 Å². The molecule has 0 unspecified atom stereocenters. The van der Waals surface area contributed by atoms with Crippen molar-refractivity contribution in [3.63, 3.8) is 0 Å². The molecule has 76 valence electrons. The number of hydrogen-bond donors (Lipinski definition) is 0.